The molecule has 7 heteroatoms. The second-order valence-electron chi connectivity index (χ2n) is 8.80. The highest BCUT2D eigenvalue weighted by Gasteiger charge is 2.31. The molecule has 1 N–H and O–H groups in total. The summed E-state index contributed by atoms with van der Waals surface area (Å²) in [6.45, 7) is 8.55. The van der Waals surface area contributed by atoms with E-state index in [4.69, 9.17) is 4.74 Å². The summed E-state index contributed by atoms with van der Waals surface area (Å²) >= 11 is 0. The number of aryl methyl sites for hydroxylation is 2. The summed E-state index contributed by atoms with van der Waals surface area (Å²) in [5.41, 5.74) is 3.57. The monoisotopic (exact) mass is 412 g/mol. The Hall–Kier alpha value is -2.83. The number of aromatic nitrogens is 2. The van der Waals surface area contributed by atoms with Crippen molar-refractivity contribution in [3.8, 4) is 0 Å². The van der Waals surface area contributed by atoms with Gasteiger partial charge in [-0.3, -0.25) is 9.48 Å². The molecule has 7 nitrogen and oxygen atoms in total. The van der Waals surface area contributed by atoms with E-state index in [0.717, 1.165) is 36.2 Å². The SMILES string of the molecule is CCCCc1ccc(NC(=O)c2c3c(nn2C)CCN(C(=O)OC(C)(C)C)C3)cc1. The minimum Gasteiger partial charge on any atom is -0.444 e. The van der Waals surface area contributed by atoms with E-state index < -0.39 is 5.60 Å². The van der Waals surface area contributed by atoms with Crippen molar-refractivity contribution >= 4 is 17.7 Å². The number of hydrogen-bond donors (Lipinski definition) is 1. The molecule has 0 bridgehead atoms. The summed E-state index contributed by atoms with van der Waals surface area (Å²) in [7, 11) is 1.76. The number of anilines is 1. The summed E-state index contributed by atoms with van der Waals surface area (Å²) < 4.78 is 7.10. The highest BCUT2D eigenvalue weighted by atomic mass is 16.6. The number of benzene rings is 1. The third-order valence-electron chi connectivity index (χ3n) is 5.09. The maximum atomic E-state index is 13.0. The van der Waals surface area contributed by atoms with Gasteiger partial charge in [-0.2, -0.15) is 5.10 Å². The van der Waals surface area contributed by atoms with Gasteiger partial charge in [0.05, 0.1) is 12.2 Å². The second kappa shape index (κ2) is 8.90. The summed E-state index contributed by atoms with van der Waals surface area (Å²) in [6.07, 6.45) is 3.58. The first-order valence-corrected chi connectivity index (χ1v) is 10.6. The Labute approximate surface area is 178 Å². The summed E-state index contributed by atoms with van der Waals surface area (Å²) in [5.74, 6) is -0.224. The van der Waals surface area contributed by atoms with Gasteiger partial charge in [-0.1, -0.05) is 25.5 Å². The molecule has 1 aromatic carbocycles. The Balaban J connectivity index is 1.74. The lowest BCUT2D eigenvalue weighted by Gasteiger charge is -2.29. The van der Waals surface area contributed by atoms with Crippen LogP contribution in [0.25, 0.3) is 0 Å². The normalized spacial score (nSPS) is 13.7. The number of nitrogens with zero attached hydrogens (tertiary/aromatic N) is 3. The minimum absolute atomic E-state index is 0.224. The van der Waals surface area contributed by atoms with Gasteiger partial charge in [0.15, 0.2) is 0 Å². The fourth-order valence-corrected chi connectivity index (χ4v) is 3.59. The Morgan fingerprint density at radius 2 is 1.90 bits per heavy atom. The maximum Gasteiger partial charge on any atom is 0.410 e. The van der Waals surface area contributed by atoms with Crippen LogP contribution in [0.5, 0.6) is 0 Å². The smallest absolute Gasteiger partial charge is 0.410 e. The number of unbranched alkanes of at least 4 members (excludes halogenated alkanes) is 1. The first kappa shape index (κ1) is 21.9. The van der Waals surface area contributed by atoms with Crippen LogP contribution in [0.1, 0.15) is 67.8 Å². The van der Waals surface area contributed by atoms with Crippen LogP contribution in [0.3, 0.4) is 0 Å². The van der Waals surface area contributed by atoms with Crippen LogP contribution in [0, 0.1) is 0 Å². The minimum atomic E-state index is -0.560. The van der Waals surface area contributed by atoms with E-state index in [-0.39, 0.29) is 12.0 Å². The maximum absolute atomic E-state index is 13.0. The molecule has 2 aromatic rings. The third kappa shape index (κ3) is 5.20. The van der Waals surface area contributed by atoms with Crippen molar-refractivity contribution in [2.45, 2.75) is 65.5 Å². The average Bonchev–Trinajstić information content (AvgIpc) is 3.01. The molecule has 1 aliphatic heterocycles. The van der Waals surface area contributed by atoms with Crippen molar-refractivity contribution in [2.24, 2.45) is 7.05 Å². The summed E-state index contributed by atoms with van der Waals surface area (Å²) in [4.78, 5) is 27.1. The molecule has 0 saturated heterocycles. The molecule has 0 unspecified atom stereocenters. The number of rotatable bonds is 5. The largest absolute Gasteiger partial charge is 0.444 e. The van der Waals surface area contributed by atoms with E-state index in [2.05, 4.69) is 17.3 Å². The van der Waals surface area contributed by atoms with E-state index in [1.54, 1.807) is 16.6 Å². The summed E-state index contributed by atoms with van der Waals surface area (Å²) in [6, 6.07) is 7.96. The molecular weight excluding hydrogens is 380 g/mol. The molecule has 162 valence electrons. The highest BCUT2D eigenvalue weighted by molar-refractivity contribution is 6.04. The lowest BCUT2D eigenvalue weighted by atomic mass is 10.0. The third-order valence-corrected chi connectivity index (χ3v) is 5.09. The number of nitrogens with one attached hydrogen (secondary N) is 1. The zero-order chi connectivity index (χ0) is 21.9. The molecule has 2 amide bonds. The van der Waals surface area contributed by atoms with E-state index in [1.165, 1.54) is 5.56 Å². The number of hydrogen-bond acceptors (Lipinski definition) is 4. The molecule has 0 atom stereocenters. The Kier molecular flexibility index (Phi) is 6.48. The molecule has 0 radical (unpaired) electrons. The fourth-order valence-electron chi connectivity index (χ4n) is 3.59. The molecular formula is C23H32N4O3. The summed E-state index contributed by atoms with van der Waals surface area (Å²) in [5, 5.41) is 7.47. The Morgan fingerprint density at radius 3 is 2.53 bits per heavy atom. The molecule has 1 aromatic heterocycles. The topological polar surface area (TPSA) is 76.5 Å². The first-order valence-electron chi connectivity index (χ1n) is 10.6. The molecule has 2 heterocycles. The lowest BCUT2D eigenvalue weighted by molar-refractivity contribution is 0.0222. The van der Waals surface area contributed by atoms with Crippen molar-refractivity contribution < 1.29 is 14.3 Å². The van der Waals surface area contributed by atoms with E-state index >= 15 is 0 Å². The molecule has 0 saturated carbocycles. The van der Waals surface area contributed by atoms with Gasteiger partial charge < -0.3 is 15.0 Å². The second-order valence-corrected chi connectivity index (χ2v) is 8.80. The van der Waals surface area contributed by atoms with E-state index in [9.17, 15) is 9.59 Å². The molecule has 0 fully saturated rings. The fraction of sp³-hybridized carbons (Fsp3) is 0.522. The van der Waals surface area contributed by atoms with Crippen LogP contribution in [-0.2, 0) is 31.2 Å². The van der Waals surface area contributed by atoms with Gasteiger partial charge in [0.25, 0.3) is 5.91 Å². The molecule has 30 heavy (non-hydrogen) atoms. The van der Waals surface area contributed by atoms with Gasteiger partial charge in [-0.05, 0) is 51.3 Å². The predicted molar refractivity (Wildman–Crippen MR) is 117 cm³/mol. The van der Waals surface area contributed by atoms with Crippen molar-refractivity contribution in [3.63, 3.8) is 0 Å². The zero-order valence-corrected chi connectivity index (χ0v) is 18.6. The van der Waals surface area contributed by atoms with Gasteiger partial charge in [-0.15, -0.1) is 0 Å². The number of amides is 2. The molecule has 1 aliphatic rings. The van der Waals surface area contributed by atoms with Gasteiger partial charge in [0.2, 0.25) is 0 Å². The van der Waals surface area contributed by atoms with Crippen molar-refractivity contribution in [2.75, 3.05) is 11.9 Å². The van der Waals surface area contributed by atoms with Gasteiger partial charge in [-0.25, -0.2) is 4.79 Å². The number of carbonyl (C=O) groups is 2. The van der Waals surface area contributed by atoms with Crippen LogP contribution in [0.4, 0.5) is 10.5 Å². The standard InChI is InChI=1S/C23H32N4O3/c1-6-7-8-16-9-11-17(12-10-16)24-21(28)20-18-15-27(22(29)30-23(2,3)4)14-13-19(18)25-26(20)5/h9-12H,6-8,13-15H2,1-5H3,(H,24,28). The first-order chi connectivity index (χ1) is 14.2. The van der Waals surface area contributed by atoms with Crippen LogP contribution >= 0.6 is 0 Å². The Bertz CT molecular complexity index is 910. The van der Waals surface area contributed by atoms with Crippen LogP contribution < -0.4 is 5.32 Å². The van der Waals surface area contributed by atoms with Crippen LogP contribution in [0.15, 0.2) is 24.3 Å². The average molecular weight is 413 g/mol. The molecule has 0 spiro atoms. The Morgan fingerprint density at radius 1 is 1.20 bits per heavy atom. The van der Waals surface area contributed by atoms with E-state index in [1.807, 2.05) is 45.0 Å². The van der Waals surface area contributed by atoms with Crippen LogP contribution in [-0.4, -0.2) is 38.8 Å². The van der Waals surface area contributed by atoms with Crippen molar-refractivity contribution in [1.82, 2.24) is 14.7 Å². The highest BCUT2D eigenvalue weighted by Crippen LogP contribution is 2.24. The quantitative estimate of drug-likeness (QED) is 0.794. The molecule has 0 aliphatic carbocycles. The number of fused-ring (bicyclic) bond motifs is 1. The van der Waals surface area contributed by atoms with Crippen molar-refractivity contribution in [3.05, 3.63) is 46.8 Å². The lowest BCUT2D eigenvalue weighted by Crippen LogP contribution is -2.40. The van der Waals surface area contributed by atoms with Crippen LogP contribution in [0.2, 0.25) is 0 Å². The number of carbonyl (C=O) groups excluding carboxylic acids is 2. The molecule has 3 rings (SSSR count). The predicted octanol–water partition coefficient (Wildman–Crippen LogP) is 4.31. The number of ether oxygens (including phenoxy) is 1. The van der Waals surface area contributed by atoms with E-state index in [0.29, 0.717) is 25.2 Å². The van der Waals surface area contributed by atoms with Gasteiger partial charge in [0.1, 0.15) is 11.3 Å². The van der Waals surface area contributed by atoms with Gasteiger partial charge in [0, 0.05) is 31.3 Å². The zero-order valence-electron chi connectivity index (χ0n) is 18.6. The van der Waals surface area contributed by atoms with Gasteiger partial charge >= 0.3 is 6.09 Å². The van der Waals surface area contributed by atoms with Crippen molar-refractivity contribution in [1.29, 1.82) is 0 Å².